The van der Waals surface area contributed by atoms with Gasteiger partial charge in [-0.25, -0.2) is 0 Å². The van der Waals surface area contributed by atoms with Gasteiger partial charge in [-0.05, 0) is 54.4 Å². The second kappa shape index (κ2) is 12.0. The highest BCUT2D eigenvalue weighted by Gasteiger charge is 2.11. The highest BCUT2D eigenvalue weighted by Crippen LogP contribution is 2.30. The van der Waals surface area contributed by atoms with E-state index < -0.39 is 0 Å². The number of para-hydroxylation sites is 1. The van der Waals surface area contributed by atoms with Gasteiger partial charge in [0.1, 0.15) is 5.75 Å². The molecule has 0 aliphatic rings. The Morgan fingerprint density at radius 1 is 1.13 bits per heavy atom. The predicted molar refractivity (Wildman–Crippen MR) is 126 cm³/mol. The molecule has 6 nitrogen and oxygen atoms in total. The fraction of sp³-hybridized carbons (Fsp3) is 0.391. The first-order valence-electron chi connectivity index (χ1n) is 10.00. The molecule has 0 spiro atoms. The summed E-state index contributed by atoms with van der Waals surface area (Å²) in [7, 11) is 3.35. The second-order valence-corrected chi connectivity index (χ2v) is 7.48. The van der Waals surface area contributed by atoms with Crippen LogP contribution in [0.15, 0.2) is 41.5 Å². The molecule has 0 saturated carbocycles. The zero-order valence-electron chi connectivity index (χ0n) is 18.3. The van der Waals surface area contributed by atoms with E-state index in [0.29, 0.717) is 35.7 Å². The van der Waals surface area contributed by atoms with Crippen LogP contribution in [-0.4, -0.2) is 38.7 Å². The van der Waals surface area contributed by atoms with Gasteiger partial charge in [-0.1, -0.05) is 32.0 Å². The number of nitrogens with zero attached hydrogens (tertiary/aromatic N) is 1. The monoisotopic (exact) mass is 429 g/mol. The average Bonchev–Trinajstić information content (AvgIpc) is 2.73. The lowest BCUT2D eigenvalue weighted by atomic mass is 10.0. The molecule has 0 saturated heterocycles. The number of nitrogens with one attached hydrogen (secondary N) is 2. The van der Waals surface area contributed by atoms with Gasteiger partial charge < -0.3 is 19.5 Å². The number of methoxy groups -OCH3 is 1. The molecule has 0 fully saturated rings. The van der Waals surface area contributed by atoms with Gasteiger partial charge in [0.05, 0.1) is 26.5 Å². The average molecular weight is 430 g/mol. The van der Waals surface area contributed by atoms with Crippen LogP contribution in [-0.2, 0) is 0 Å². The molecule has 0 aromatic heterocycles. The molecule has 2 aromatic carbocycles. The number of aryl methyl sites for hydroxylation is 1. The zero-order chi connectivity index (χ0) is 21.9. The van der Waals surface area contributed by atoms with Crippen LogP contribution in [0, 0.1) is 6.92 Å². The lowest BCUT2D eigenvalue weighted by Gasteiger charge is -2.16. The number of thiocarbonyl (C=S) groups is 1. The molecule has 0 amide bonds. The minimum Gasteiger partial charge on any atom is -0.493 e. The van der Waals surface area contributed by atoms with Crippen molar-refractivity contribution in [2.24, 2.45) is 5.10 Å². The molecule has 0 radical (unpaired) electrons. The highest BCUT2D eigenvalue weighted by molar-refractivity contribution is 7.80. The van der Waals surface area contributed by atoms with Gasteiger partial charge in [-0.15, -0.1) is 0 Å². The van der Waals surface area contributed by atoms with Crippen LogP contribution in [0.25, 0.3) is 0 Å². The number of hydrogen-bond donors (Lipinski definition) is 2. The van der Waals surface area contributed by atoms with Crippen LogP contribution in [0.4, 0.5) is 0 Å². The Morgan fingerprint density at radius 2 is 1.90 bits per heavy atom. The first-order chi connectivity index (χ1) is 14.5. The van der Waals surface area contributed by atoms with E-state index in [0.717, 1.165) is 17.7 Å². The Bertz CT molecular complexity index is 869. The standard InChI is InChI=1S/C23H31N3O3S/c1-16(2)19-11-10-17(3)14-21(19)28-12-7-13-29-22-18(8-6-9-20(22)27-5)15-25-26-23(30)24-4/h6,8-11,14-16H,7,12-13H2,1-5H3,(H2,24,26,30)/b25-15-. The minimum atomic E-state index is 0.414. The predicted octanol–water partition coefficient (Wildman–Crippen LogP) is 4.40. The highest BCUT2D eigenvalue weighted by atomic mass is 32.1. The van der Waals surface area contributed by atoms with E-state index in [1.807, 2.05) is 18.2 Å². The first kappa shape index (κ1) is 23.5. The largest absolute Gasteiger partial charge is 0.493 e. The van der Waals surface area contributed by atoms with E-state index in [1.54, 1.807) is 20.4 Å². The van der Waals surface area contributed by atoms with Crippen molar-refractivity contribution in [3.63, 3.8) is 0 Å². The number of hydrogen-bond acceptors (Lipinski definition) is 5. The van der Waals surface area contributed by atoms with Crippen LogP contribution in [0.3, 0.4) is 0 Å². The van der Waals surface area contributed by atoms with Gasteiger partial charge >= 0.3 is 0 Å². The molecule has 0 unspecified atom stereocenters. The Balaban J connectivity index is 1.96. The quantitative estimate of drug-likeness (QED) is 0.253. The van der Waals surface area contributed by atoms with Crippen molar-refractivity contribution in [2.75, 3.05) is 27.4 Å². The van der Waals surface area contributed by atoms with Crippen molar-refractivity contribution in [2.45, 2.75) is 33.1 Å². The summed E-state index contributed by atoms with van der Waals surface area (Å²) >= 11 is 5.02. The lowest BCUT2D eigenvalue weighted by Crippen LogP contribution is -2.28. The van der Waals surface area contributed by atoms with Crippen LogP contribution in [0.2, 0.25) is 0 Å². The summed E-state index contributed by atoms with van der Waals surface area (Å²) in [6, 6.07) is 12.0. The third kappa shape index (κ3) is 6.91. The molecule has 0 aliphatic heterocycles. The van der Waals surface area contributed by atoms with E-state index in [2.05, 4.69) is 54.8 Å². The fourth-order valence-corrected chi connectivity index (χ4v) is 2.88. The molecule has 0 aliphatic carbocycles. The molecule has 2 aromatic rings. The van der Waals surface area contributed by atoms with Crippen LogP contribution >= 0.6 is 12.2 Å². The van der Waals surface area contributed by atoms with Gasteiger partial charge in [0.15, 0.2) is 16.6 Å². The zero-order valence-corrected chi connectivity index (χ0v) is 19.1. The summed E-state index contributed by atoms with van der Waals surface area (Å²) in [6.07, 6.45) is 2.39. The van der Waals surface area contributed by atoms with Crippen molar-refractivity contribution in [3.05, 3.63) is 53.1 Å². The summed E-state index contributed by atoms with van der Waals surface area (Å²) in [5.41, 5.74) is 5.94. The third-order valence-electron chi connectivity index (χ3n) is 4.41. The molecule has 0 heterocycles. The molecule has 162 valence electrons. The number of rotatable bonds is 10. The maximum atomic E-state index is 6.04. The smallest absolute Gasteiger partial charge is 0.186 e. The summed E-state index contributed by atoms with van der Waals surface area (Å²) < 4.78 is 17.5. The molecule has 2 rings (SSSR count). The van der Waals surface area contributed by atoms with Crippen LogP contribution in [0.5, 0.6) is 17.2 Å². The normalized spacial score (nSPS) is 10.9. The van der Waals surface area contributed by atoms with Crippen molar-refractivity contribution in [1.29, 1.82) is 0 Å². The Kier molecular flexibility index (Phi) is 9.41. The third-order valence-corrected chi connectivity index (χ3v) is 4.71. The summed E-state index contributed by atoms with van der Waals surface area (Å²) in [6.45, 7) is 7.47. The van der Waals surface area contributed by atoms with E-state index in [1.165, 1.54) is 11.1 Å². The Morgan fingerprint density at radius 3 is 2.60 bits per heavy atom. The molecular weight excluding hydrogens is 398 g/mol. The van der Waals surface area contributed by atoms with Crippen LogP contribution < -0.4 is 25.0 Å². The maximum Gasteiger partial charge on any atom is 0.186 e. The number of hydrazone groups is 1. The summed E-state index contributed by atoms with van der Waals surface area (Å²) in [5, 5.41) is 7.36. The van der Waals surface area contributed by atoms with E-state index >= 15 is 0 Å². The van der Waals surface area contributed by atoms with Crippen molar-refractivity contribution >= 4 is 23.5 Å². The summed E-state index contributed by atoms with van der Waals surface area (Å²) in [5.74, 6) is 2.65. The number of benzene rings is 2. The molecule has 2 N–H and O–H groups in total. The summed E-state index contributed by atoms with van der Waals surface area (Å²) in [4.78, 5) is 0. The van der Waals surface area contributed by atoms with Gasteiger partial charge in [0, 0.05) is 19.0 Å². The first-order valence-corrected chi connectivity index (χ1v) is 10.4. The second-order valence-electron chi connectivity index (χ2n) is 7.07. The number of ether oxygens (including phenoxy) is 3. The van der Waals surface area contributed by atoms with Gasteiger partial charge in [0.25, 0.3) is 0 Å². The Labute approximate surface area is 184 Å². The molecule has 0 atom stereocenters. The van der Waals surface area contributed by atoms with E-state index in [9.17, 15) is 0 Å². The topological polar surface area (TPSA) is 64.1 Å². The molecule has 7 heteroatoms. The Hall–Kier alpha value is -2.80. The fourth-order valence-electron chi connectivity index (χ4n) is 2.82. The van der Waals surface area contributed by atoms with Crippen molar-refractivity contribution in [1.82, 2.24) is 10.7 Å². The molecule has 0 bridgehead atoms. The van der Waals surface area contributed by atoms with Crippen molar-refractivity contribution in [3.8, 4) is 17.2 Å². The van der Waals surface area contributed by atoms with Gasteiger partial charge in [-0.3, -0.25) is 5.43 Å². The SMILES string of the molecule is CNC(=S)N/N=C\c1cccc(OC)c1OCCCOc1cc(C)ccc1C(C)C. The minimum absolute atomic E-state index is 0.414. The maximum absolute atomic E-state index is 6.04. The van der Waals surface area contributed by atoms with Crippen LogP contribution in [0.1, 0.15) is 42.9 Å². The molecular formula is C23H31N3O3S. The van der Waals surface area contributed by atoms with E-state index in [4.69, 9.17) is 26.4 Å². The molecule has 30 heavy (non-hydrogen) atoms. The van der Waals surface area contributed by atoms with E-state index in [-0.39, 0.29) is 0 Å². The van der Waals surface area contributed by atoms with Gasteiger partial charge in [0.2, 0.25) is 0 Å². The lowest BCUT2D eigenvalue weighted by molar-refractivity contribution is 0.239. The van der Waals surface area contributed by atoms with Crippen molar-refractivity contribution < 1.29 is 14.2 Å². The van der Waals surface area contributed by atoms with Gasteiger partial charge in [-0.2, -0.15) is 5.10 Å².